The number of oxazole rings is 1. The first-order valence-corrected chi connectivity index (χ1v) is 8.05. The van der Waals surface area contributed by atoms with E-state index in [9.17, 15) is 4.39 Å². The Bertz CT molecular complexity index is 1090. The quantitative estimate of drug-likeness (QED) is 0.548. The Morgan fingerprint density at radius 1 is 1.00 bits per heavy atom. The second-order valence-corrected chi connectivity index (χ2v) is 5.99. The van der Waals surface area contributed by atoms with Gasteiger partial charge in [-0.1, -0.05) is 6.07 Å². The predicted octanol–water partition coefficient (Wildman–Crippen LogP) is 4.86. The molecule has 7 heteroatoms. The molecule has 6 nitrogen and oxygen atoms in total. The van der Waals surface area contributed by atoms with Gasteiger partial charge in [-0.15, -0.1) is 0 Å². The van der Waals surface area contributed by atoms with E-state index in [1.165, 1.54) is 12.5 Å². The normalized spacial score (nSPS) is 10.9. The summed E-state index contributed by atoms with van der Waals surface area (Å²) >= 11 is 0. The SMILES string of the molecule is Cc1ccc(F)c(Nc2ncc(C)c(Nc3ccc4ocnc4c3)n2)c1. The number of halogens is 1. The van der Waals surface area contributed by atoms with E-state index < -0.39 is 0 Å². The lowest BCUT2D eigenvalue weighted by molar-refractivity contribution is 0.602. The summed E-state index contributed by atoms with van der Waals surface area (Å²) in [4.78, 5) is 12.8. The highest BCUT2D eigenvalue weighted by molar-refractivity contribution is 5.78. The maximum atomic E-state index is 14.0. The van der Waals surface area contributed by atoms with Gasteiger partial charge in [-0.25, -0.2) is 14.4 Å². The van der Waals surface area contributed by atoms with Crippen molar-refractivity contribution in [1.82, 2.24) is 15.0 Å². The number of nitrogens with one attached hydrogen (secondary N) is 2. The largest absolute Gasteiger partial charge is 0.443 e. The van der Waals surface area contributed by atoms with Gasteiger partial charge in [-0.3, -0.25) is 0 Å². The van der Waals surface area contributed by atoms with E-state index in [0.29, 0.717) is 23.0 Å². The molecule has 4 rings (SSSR count). The fraction of sp³-hybridized carbons (Fsp3) is 0.105. The minimum atomic E-state index is -0.356. The topological polar surface area (TPSA) is 75.9 Å². The van der Waals surface area contributed by atoms with Crippen LogP contribution in [0.3, 0.4) is 0 Å². The van der Waals surface area contributed by atoms with Gasteiger partial charge in [0, 0.05) is 17.4 Å². The number of hydrogen-bond donors (Lipinski definition) is 2. The summed E-state index contributed by atoms with van der Waals surface area (Å²) in [5, 5.41) is 6.17. The Labute approximate surface area is 149 Å². The number of hydrogen-bond acceptors (Lipinski definition) is 6. The molecule has 2 heterocycles. The Balaban J connectivity index is 1.62. The number of fused-ring (bicyclic) bond motifs is 1. The third kappa shape index (κ3) is 3.19. The second kappa shape index (κ2) is 6.44. The second-order valence-electron chi connectivity index (χ2n) is 5.99. The van der Waals surface area contributed by atoms with Gasteiger partial charge in [-0.2, -0.15) is 4.98 Å². The number of benzene rings is 2. The summed E-state index contributed by atoms with van der Waals surface area (Å²) in [7, 11) is 0. The van der Waals surface area contributed by atoms with Crippen LogP contribution >= 0.6 is 0 Å². The molecule has 0 unspecified atom stereocenters. The van der Waals surface area contributed by atoms with Gasteiger partial charge in [0.15, 0.2) is 12.0 Å². The Morgan fingerprint density at radius 2 is 1.88 bits per heavy atom. The molecule has 2 aromatic carbocycles. The van der Waals surface area contributed by atoms with E-state index in [1.807, 2.05) is 32.0 Å². The van der Waals surface area contributed by atoms with Crippen LogP contribution in [0.2, 0.25) is 0 Å². The molecule has 26 heavy (non-hydrogen) atoms. The molecule has 0 aliphatic heterocycles. The van der Waals surface area contributed by atoms with Crippen molar-refractivity contribution in [3.63, 3.8) is 0 Å². The van der Waals surface area contributed by atoms with Crippen molar-refractivity contribution in [3.8, 4) is 0 Å². The molecule has 0 radical (unpaired) electrons. The first-order valence-electron chi connectivity index (χ1n) is 8.05. The number of rotatable bonds is 4. The molecule has 0 saturated heterocycles. The monoisotopic (exact) mass is 349 g/mol. The van der Waals surface area contributed by atoms with E-state index in [4.69, 9.17) is 4.42 Å². The molecule has 0 atom stereocenters. The van der Waals surface area contributed by atoms with E-state index in [0.717, 1.165) is 22.3 Å². The molecule has 0 spiro atoms. The van der Waals surface area contributed by atoms with Gasteiger partial charge in [-0.05, 0) is 49.7 Å². The average molecular weight is 349 g/mol. The molecule has 0 amide bonds. The van der Waals surface area contributed by atoms with Crippen LogP contribution in [-0.4, -0.2) is 15.0 Å². The summed E-state index contributed by atoms with van der Waals surface area (Å²) < 4.78 is 19.2. The summed E-state index contributed by atoms with van der Waals surface area (Å²) in [6.45, 7) is 3.79. The van der Waals surface area contributed by atoms with Gasteiger partial charge < -0.3 is 15.1 Å². The lowest BCUT2D eigenvalue weighted by Crippen LogP contribution is -2.04. The van der Waals surface area contributed by atoms with Crippen LogP contribution in [0.1, 0.15) is 11.1 Å². The molecule has 2 aromatic heterocycles. The van der Waals surface area contributed by atoms with E-state index in [2.05, 4.69) is 25.6 Å². The molecule has 0 aliphatic carbocycles. The predicted molar refractivity (Wildman–Crippen MR) is 98.5 cm³/mol. The molecular formula is C19H16FN5O. The van der Waals surface area contributed by atoms with Crippen molar-refractivity contribution < 1.29 is 8.81 Å². The molecule has 0 bridgehead atoms. The van der Waals surface area contributed by atoms with Crippen molar-refractivity contribution in [2.75, 3.05) is 10.6 Å². The number of nitrogens with zero attached hydrogens (tertiary/aromatic N) is 3. The summed E-state index contributed by atoms with van der Waals surface area (Å²) in [6.07, 6.45) is 3.09. The zero-order chi connectivity index (χ0) is 18.1. The Hall–Kier alpha value is -3.48. The highest BCUT2D eigenvalue weighted by Gasteiger charge is 2.09. The van der Waals surface area contributed by atoms with Crippen molar-refractivity contribution >= 4 is 34.2 Å². The fourth-order valence-electron chi connectivity index (χ4n) is 2.56. The van der Waals surface area contributed by atoms with Crippen molar-refractivity contribution in [2.45, 2.75) is 13.8 Å². The maximum absolute atomic E-state index is 14.0. The van der Waals surface area contributed by atoms with Crippen LogP contribution in [-0.2, 0) is 0 Å². The van der Waals surface area contributed by atoms with E-state index in [1.54, 1.807) is 18.3 Å². The van der Waals surface area contributed by atoms with Crippen LogP contribution in [0.25, 0.3) is 11.1 Å². The molecular weight excluding hydrogens is 333 g/mol. The van der Waals surface area contributed by atoms with Gasteiger partial charge in [0.2, 0.25) is 5.95 Å². The third-order valence-electron chi connectivity index (χ3n) is 3.93. The van der Waals surface area contributed by atoms with Crippen molar-refractivity contribution in [2.24, 2.45) is 0 Å². The van der Waals surface area contributed by atoms with Gasteiger partial charge in [0.1, 0.15) is 17.2 Å². The van der Waals surface area contributed by atoms with Gasteiger partial charge >= 0.3 is 0 Å². The molecule has 0 fully saturated rings. The van der Waals surface area contributed by atoms with Crippen LogP contribution in [0, 0.1) is 19.7 Å². The summed E-state index contributed by atoms with van der Waals surface area (Å²) in [6, 6.07) is 10.4. The smallest absolute Gasteiger partial charge is 0.229 e. The van der Waals surface area contributed by atoms with Gasteiger partial charge in [0.25, 0.3) is 0 Å². The Kier molecular flexibility index (Phi) is 3.96. The van der Waals surface area contributed by atoms with Crippen molar-refractivity contribution in [3.05, 3.63) is 65.9 Å². The zero-order valence-electron chi connectivity index (χ0n) is 14.2. The molecule has 4 aromatic rings. The summed E-state index contributed by atoms with van der Waals surface area (Å²) in [5.74, 6) is 0.578. The molecule has 2 N–H and O–H groups in total. The van der Waals surface area contributed by atoms with E-state index >= 15 is 0 Å². The number of aromatic nitrogens is 3. The van der Waals surface area contributed by atoms with Crippen LogP contribution in [0.4, 0.5) is 27.5 Å². The standard InChI is InChI=1S/C19H16FN5O/c1-11-3-5-14(20)15(7-11)24-19-21-9-12(2)18(25-19)23-13-4-6-17-16(8-13)22-10-26-17/h3-10H,1-2H3,(H2,21,23,24,25). The highest BCUT2D eigenvalue weighted by atomic mass is 19.1. The first-order chi connectivity index (χ1) is 12.6. The lowest BCUT2D eigenvalue weighted by atomic mass is 10.2. The number of aryl methyl sites for hydroxylation is 2. The zero-order valence-corrected chi connectivity index (χ0v) is 14.2. The maximum Gasteiger partial charge on any atom is 0.229 e. The minimum absolute atomic E-state index is 0.310. The lowest BCUT2D eigenvalue weighted by Gasteiger charge is -2.11. The number of anilines is 4. The average Bonchev–Trinajstić information content (AvgIpc) is 3.09. The van der Waals surface area contributed by atoms with Crippen molar-refractivity contribution in [1.29, 1.82) is 0 Å². The molecule has 0 saturated carbocycles. The van der Waals surface area contributed by atoms with Crippen LogP contribution in [0.15, 0.2) is 53.4 Å². The molecule has 0 aliphatic rings. The molecule has 130 valence electrons. The highest BCUT2D eigenvalue weighted by Crippen LogP contribution is 2.24. The van der Waals surface area contributed by atoms with Gasteiger partial charge in [0.05, 0.1) is 5.69 Å². The summed E-state index contributed by atoms with van der Waals surface area (Å²) in [5.41, 5.74) is 4.43. The third-order valence-corrected chi connectivity index (χ3v) is 3.93. The first kappa shape index (κ1) is 16.0. The fourth-order valence-corrected chi connectivity index (χ4v) is 2.56. The van der Waals surface area contributed by atoms with E-state index in [-0.39, 0.29) is 5.82 Å². The minimum Gasteiger partial charge on any atom is -0.443 e. The Morgan fingerprint density at radius 3 is 2.77 bits per heavy atom. The van der Waals surface area contributed by atoms with Crippen LogP contribution in [0.5, 0.6) is 0 Å². The van der Waals surface area contributed by atoms with Crippen LogP contribution < -0.4 is 10.6 Å².